The van der Waals surface area contributed by atoms with Crippen LogP contribution < -0.4 is 11.5 Å². The molecule has 0 amide bonds. The molecule has 0 aromatic heterocycles. The van der Waals surface area contributed by atoms with Gasteiger partial charge in [-0.2, -0.15) is 4.39 Å². The van der Waals surface area contributed by atoms with Crippen LogP contribution in [0.15, 0.2) is 17.4 Å². The van der Waals surface area contributed by atoms with E-state index in [4.69, 9.17) is 10.9 Å². The quantitative estimate of drug-likeness (QED) is 0.164. The first kappa shape index (κ1) is 11.5. The number of nitrogens with zero attached hydrogens (tertiary/aromatic N) is 1. The number of hydrogen-bond donors (Lipinski definition) is 3. The fourth-order valence-electron chi connectivity index (χ4n) is 0. The Kier molecular flexibility index (Phi) is 8.79. The zero-order valence-electron chi connectivity index (χ0n) is 5.22. The lowest BCUT2D eigenvalue weighted by atomic mass is 10.6. The van der Waals surface area contributed by atoms with Crippen molar-refractivity contribution in [3.8, 4) is 0 Å². The minimum absolute atomic E-state index is 0.0880. The van der Waals surface area contributed by atoms with E-state index in [1.807, 2.05) is 5.16 Å². The summed E-state index contributed by atoms with van der Waals surface area (Å²) in [5.74, 6) is 0. The molecule has 0 aliphatic heterocycles. The van der Waals surface area contributed by atoms with Crippen molar-refractivity contribution in [2.75, 3.05) is 6.67 Å². The first-order valence-corrected chi connectivity index (χ1v) is 2.16. The van der Waals surface area contributed by atoms with E-state index in [-0.39, 0.29) is 5.70 Å². The predicted octanol–water partition coefficient (Wildman–Crippen LogP) is 0.0881. The van der Waals surface area contributed by atoms with Crippen molar-refractivity contribution in [3.63, 3.8) is 0 Å². The molecule has 0 aromatic carbocycles. The monoisotopic (exact) mass is 153 g/mol. The summed E-state index contributed by atoms with van der Waals surface area (Å²) in [6.07, 6.45) is -1.31. The van der Waals surface area contributed by atoms with Crippen LogP contribution in [-0.2, 0) is 0 Å². The van der Waals surface area contributed by atoms with Gasteiger partial charge >= 0.3 is 6.09 Å². The first-order valence-electron chi connectivity index (χ1n) is 2.16. The molecule has 0 atom stereocenters. The Bertz CT molecular complexity index is 122. The average Bonchev–Trinajstić information content (AvgIpc) is 1.89. The maximum absolute atomic E-state index is 10.9. The van der Waals surface area contributed by atoms with Crippen molar-refractivity contribution < 1.29 is 14.0 Å². The number of amidine groups is 1. The van der Waals surface area contributed by atoms with E-state index >= 15 is 0 Å². The van der Waals surface area contributed by atoms with Crippen molar-refractivity contribution in [1.29, 1.82) is 0 Å². The summed E-state index contributed by atoms with van der Waals surface area (Å²) in [7, 11) is 0. The molecular weight excluding hydrogens is 144 g/mol. The lowest BCUT2D eigenvalue weighted by Crippen LogP contribution is -2.01. The van der Waals surface area contributed by atoms with Crippen LogP contribution in [0.5, 0.6) is 0 Å². The van der Waals surface area contributed by atoms with E-state index in [9.17, 15) is 8.78 Å². The van der Waals surface area contributed by atoms with Crippen LogP contribution in [0.3, 0.4) is 0 Å². The molecule has 0 bridgehead atoms. The largest absolute Gasteiger partial charge is 0.407 e. The van der Waals surface area contributed by atoms with Crippen LogP contribution in [0, 0.1) is 0 Å². The molecule has 6 heteroatoms. The van der Waals surface area contributed by atoms with Gasteiger partial charge in [0.05, 0.1) is 0 Å². The third-order valence-electron chi connectivity index (χ3n) is 0.267. The smallest absolute Gasteiger partial charge is 0.314 e. The van der Waals surface area contributed by atoms with Crippen LogP contribution in [0.2, 0.25) is 0 Å². The van der Waals surface area contributed by atoms with Crippen LogP contribution in [0.1, 0.15) is 0 Å². The molecule has 0 fully saturated rings. The van der Waals surface area contributed by atoms with Crippen molar-refractivity contribution >= 4 is 6.09 Å². The average molecular weight is 153 g/mol. The summed E-state index contributed by atoms with van der Waals surface area (Å²) in [4.78, 5) is 0. The first-order chi connectivity index (χ1) is 4.54. The lowest BCUT2D eigenvalue weighted by molar-refractivity contribution is 0.310. The number of nitrogens with two attached hydrogens (primary N) is 2. The molecule has 0 aliphatic carbocycles. The number of halogens is 2. The molecule has 0 spiro atoms. The molecule has 0 aliphatic rings. The highest BCUT2D eigenvalue weighted by Gasteiger charge is 1.72. The maximum atomic E-state index is 10.9. The van der Waals surface area contributed by atoms with Crippen LogP contribution in [0.4, 0.5) is 8.78 Å². The topological polar surface area (TPSA) is 84.6 Å². The summed E-state index contributed by atoms with van der Waals surface area (Å²) in [5.41, 5.74) is 8.94. The Morgan fingerprint density at radius 2 is 1.80 bits per heavy atom. The Labute approximate surface area is 56.8 Å². The molecule has 0 radical (unpaired) electrons. The van der Waals surface area contributed by atoms with Gasteiger partial charge < -0.3 is 16.7 Å². The molecule has 0 saturated heterocycles. The SMILES string of the molecule is C=C(N)CF.N/C(F)=N\O. The van der Waals surface area contributed by atoms with Crippen LogP contribution in [0.25, 0.3) is 0 Å². The standard InChI is InChI=1S/C3H6FN.CH3FN2O/c1-3(5)2-4;2-1(3)4-5/h1-2,5H2;5H,(H2,3,4). The number of oxime groups is 1. The third-order valence-corrected chi connectivity index (χ3v) is 0.267. The summed E-state index contributed by atoms with van der Waals surface area (Å²) in [6, 6.07) is 0. The van der Waals surface area contributed by atoms with Gasteiger partial charge in [0.25, 0.3) is 0 Å². The van der Waals surface area contributed by atoms with E-state index < -0.39 is 12.8 Å². The molecule has 0 heterocycles. The normalized spacial score (nSPS) is 9.60. The predicted molar refractivity (Wildman–Crippen MR) is 33.8 cm³/mol. The van der Waals surface area contributed by atoms with Gasteiger partial charge in [0, 0.05) is 5.70 Å². The summed E-state index contributed by atoms with van der Waals surface area (Å²) >= 11 is 0. The number of allylic oxidation sites excluding steroid dienone is 1. The van der Waals surface area contributed by atoms with Crippen molar-refractivity contribution in [1.82, 2.24) is 0 Å². The van der Waals surface area contributed by atoms with E-state index in [2.05, 4.69) is 12.3 Å². The zero-order valence-corrected chi connectivity index (χ0v) is 5.22. The van der Waals surface area contributed by atoms with Crippen molar-refractivity contribution in [2.45, 2.75) is 0 Å². The van der Waals surface area contributed by atoms with Crippen molar-refractivity contribution in [2.24, 2.45) is 16.6 Å². The van der Waals surface area contributed by atoms with E-state index in [0.29, 0.717) is 0 Å². The van der Waals surface area contributed by atoms with E-state index in [1.54, 1.807) is 0 Å². The molecule has 0 rings (SSSR count). The molecule has 4 nitrogen and oxygen atoms in total. The second-order valence-corrected chi connectivity index (χ2v) is 1.21. The van der Waals surface area contributed by atoms with Crippen molar-refractivity contribution in [3.05, 3.63) is 12.3 Å². The second kappa shape index (κ2) is 7.67. The Morgan fingerprint density at radius 1 is 1.60 bits per heavy atom. The maximum Gasteiger partial charge on any atom is 0.314 e. The molecule has 10 heavy (non-hydrogen) atoms. The van der Waals surface area contributed by atoms with E-state index in [0.717, 1.165) is 0 Å². The highest BCUT2D eigenvalue weighted by molar-refractivity contribution is 5.68. The fourth-order valence-corrected chi connectivity index (χ4v) is 0. The van der Waals surface area contributed by atoms with Gasteiger partial charge in [-0.15, -0.1) is 0 Å². The number of alkyl halides is 1. The highest BCUT2D eigenvalue weighted by Crippen LogP contribution is 1.72. The van der Waals surface area contributed by atoms with Gasteiger partial charge in [0.2, 0.25) is 0 Å². The molecule has 5 N–H and O–H groups in total. The second-order valence-electron chi connectivity index (χ2n) is 1.21. The zero-order chi connectivity index (χ0) is 8.57. The highest BCUT2D eigenvalue weighted by atomic mass is 19.1. The Balaban J connectivity index is 0. The summed E-state index contributed by atoms with van der Waals surface area (Å²) in [6.45, 7) is 2.47. The molecular formula is C4H9F2N3O. The minimum atomic E-state index is -1.31. The Morgan fingerprint density at radius 3 is 1.80 bits per heavy atom. The van der Waals surface area contributed by atoms with Crippen LogP contribution >= 0.6 is 0 Å². The van der Waals surface area contributed by atoms with Crippen LogP contribution in [-0.4, -0.2) is 18.0 Å². The minimum Gasteiger partial charge on any atom is -0.407 e. The molecule has 0 saturated carbocycles. The third kappa shape index (κ3) is 30.1. The molecule has 0 aromatic rings. The van der Waals surface area contributed by atoms with Gasteiger partial charge in [-0.25, -0.2) is 4.39 Å². The van der Waals surface area contributed by atoms with Gasteiger partial charge in [0.1, 0.15) is 6.67 Å². The number of hydrogen-bond acceptors (Lipinski definition) is 3. The van der Waals surface area contributed by atoms with Gasteiger partial charge in [-0.3, -0.25) is 0 Å². The van der Waals surface area contributed by atoms with Gasteiger partial charge in [0.15, 0.2) is 0 Å². The number of rotatable bonds is 1. The molecule has 60 valence electrons. The lowest BCUT2D eigenvalue weighted by Gasteiger charge is -1.78. The molecule has 0 unspecified atom stereocenters. The fraction of sp³-hybridized carbons (Fsp3) is 0.250. The van der Waals surface area contributed by atoms with E-state index in [1.165, 1.54) is 0 Å². The van der Waals surface area contributed by atoms with Gasteiger partial charge in [-0.1, -0.05) is 6.58 Å². The summed E-state index contributed by atoms with van der Waals surface area (Å²) in [5, 5.41) is 9.15. The Hall–Kier alpha value is -1.33. The summed E-state index contributed by atoms with van der Waals surface area (Å²) < 4.78 is 21.6. The van der Waals surface area contributed by atoms with Gasteiger partial charge in [-0.05, 0) is 5.16 Å².